The molecule has 0 fully saturated rings. The van der Waals surface area contributed by atoms with Crippen molar-refractivity contribution in [2.75, 3.05) is 69.1 Å². The lowest BCUT2D eigenvalue weighted by atomic mass is 10.2. The Hall–Kier alpha value is -4.75. The van der Waals surface area contributed by atoms with Crippen molar-refractivity contribution >= 4 is 23.8 Å². The predicted molar refractivity (Wildman–Crippen MR) is 164 cm³/mol. The smallest absolute Gasteiger partial charge is 0.251 e. The van der Waals surface area contributed by atoms with Crippen molar-refractivity contribution in [2.24, 2.45) is 0 Å². The van der Waals surface area contributed by atoms with E-state index >= 15 is 0 Å². The highest BCUT2D eigenvalue weighted by molar-refractivity contribution is 5.94. The Kier molecular flexibility index (Phi) is 13.0. The molecule has 0 aliphatic rings. The van der Waals surface area contributed by atoms with E-state index in [0.717, 1.165) is 24.3 Å². The van der Waals surface area contributed by atoms with Gasteiger partial charge in [0.25, 0.3) is 5.91 Å². The number of carbonyl (C=O) groups is 1. The maximum absolute atomic E-state index is 12.0. The third-order valence-corrected chi connectivity index (χ3v) is 6.15. The molecule has 0 atom stereocenters. The topological polar surface area (TPSA) is 149 Å². The van der Waals surface area contributed by atoms with Crippen LogP contribution in [-0.4, -0.2) is 83.6 Å². The number of benzene rings is 2. The Labute approximate surface area is 251 Å². The Balaban J connectivity index is 1.16. The second-order valence-corrected chi connectivity index (χ2v) is 9.36. The molecule has 0 spiro atoms. The van der Waals surface area contributed by atoms with Crippen molar-refractivity contribution < 1.29 is 19.0 Å². The van der Waals surface area contributed by atoms with Gasteiger partial charge in [-0.2, -0.15) is 15.0 Å². The first-order valence-corrected chi connectivity index (χ1v) is 14.2. The Bertz CT molecular complexity index is 1340. The highest BCUT2D eigenvalue weighted by Crippen LogP contribution is 2.14. The molecule has 228 valence electrons. The number of nitrogens with one attached hydrogen (secondary N) is 4. The lowest BCUT2D eigenvalue weighted by Crippen LogP contribution is -2.27. The second-order valence-electron chi connectivity index (χ2n) is 9.36. The summed E-state index contributed by atoms with van der Waals surface area (Å²) in [7, 11) is 1.65. The van der Waals surface area contributed by atoms with Crippen LogP contribution in [0, 0.1) is 0 Å². The normalized spacial score (nSPS) is 10.7. The Morgan fingerprint density at radius 1 is 0.791 bits per heavy atom. The van der Waals surface area contributed by atoms with Crippen LogP contribution in [0.4, 0.5) is 17.8 Å². The van der Waals surface area contributed by atoms with E-state index in [1.165, 1.54) is 0 Å². The monoisotopic (exact) mass is 589 g/mol. The van der Waals surface area contributed by atoms with Crippen LogP contribution in [0.3, 0.4) is 0 Å². The molecule has 0 saturated carbocycles. The van der Waals surface area contributed by atoms with E-state index in [9.17, 15) is 4.79 Å². The van der Waals surface area contributed by atoms with Crippen molar-refractivity contribution in [1.82, 2.24) is 29.8 Å². The molecule has 43 heavy (non-hydrogen) atoms. The van der Waals surface area contributed by atoms with Gasteiger partial charge in [-0.3, -0.25) is 4.79 Å². The lowest BCUT2D eigenvalue weighted by molar-refractivity contribution is 0.0519. The van der Waals surface area contributed by atoms with Crippen LogP contribution in [0.1, 0.15) is 22.3 Å². The summed E-state index contributed by atoms with van der Waals surface area (Å²) in [5, 5.41) is 12.6. The zero-order valence-electron chi connectivity index (χ0n) is 24.4. The van der Waals surface area contributed by atoms with E-state index < -0.39 is 0 Å². The van der Waals surface area contributed by atoms with Crippen LogP contribution >= 0.6 is 0 Å². The molecule has 2 aromatic heterocycles. The molecule has 2 aromatic carbocycles. The number of aryl methyl sites for hydroxylation is 1. The number of hydrogen-bond donors (Lipinski definition) is 4. The molecule has 0 aliphatic heterocycles. The van der Waals surface area contributed by atoms with Crippen LogP contribution in [0.2, 0.25) is 0 Å². The average Bonchev–Trinajstić information content (AvgIpc) is 3.57. The van der Waals surface area contributed by atoms with Gasteiger partial charge in [0.2, 0.25) is 17.8 Å². The van der Waals surface area contributed by atoms with Gasteiger partial charge in [-0.05, 0) is 36.2 Å². The van der Waals surface area contributed by atoms with Crippen LogP contribution in [0.15, 0.2) is 73.3 Å². The van der Waals surface area contributed by atoms with E-state index in [1.807, 2.05) is 53.2 Å². The molecule has 13 nitrogen and oxygen atoms in total. The van der Waals surface area contributed by atoms with Crippen molar-refractivity contribution in [3.05, 3.63) is 84.4 Å². The molecular weight excluding hydrogens is 550 g/mol. The van der Waals surface area contributed by atoms with Crippen molar-refractivity contribution in [3.63, 3.8) is 0 Å². The number of methoxy groups -OCH3 is 1. The first-order chi connectivity index (χ1) is 21.2. The van der Waals surface area contributed by atoms with E-state index in [4.69, 9.17) is 14.2 Å². The minimum absolute atomic E-state index is 0.114. The number of amides is 1. The maximum atomic E-state index is 12.0. The minimum atomic E-state index is -0.114. The molecule has 0 aliphatic carbocycles. The SMILES string of the molecule is COc1ccc(CNc2nc(NCCCn3ccnc3)nc(NCCOCCOCCNC(=O)c3ccccc3)n2)cc1. The number of hydrogen-bond acceptors (Lipinski definition) is 11. The van der Waals surface area contributed by atoms with Gasteiger partial charge in [-0.25, -0.2) is 4.98 Å². The molecule has 4 rings (SSSR count). The molecular formula is C30H39N9O4. The van der Waals surface area contributed by atoms with Gasteiger partial charge >= 0.3 is 0 Å². The number of rotatable bonds is 20. The number of carbonyl (C=O) groups excluding carboxylic acids is 1. The highest BCUT2D eigenvalue weighted by atomic mass is 16.5. The average molecular weight is 590 g/mol. The second kappa shape index (κ2) is 17.9. The van der Waals surface area contributed by atoms with Crippen LogP contribution in [0.25, 0.3) is 0 Å². The summed E-state index contributed by atoms with van der Waals surface area (Å²) < 4.78 is 18.5. The lowest BCUT2D eigenvalue weighted by Gasteiger charge is -2.12. The quantitative estimate of drug-likeness (QED) is 0.113. The molecule has 2 heterocycles. The van der Waals surface area contributed by atoms with Crippen molar-refractivity contribution in [2.45, 2.75) is 19.5 Å². The Morgan fingerprint density at radius 3 is 2.14 bits per heavy atom. The van der Waals surface area contributed by atoms with Gasteiger partial charge in [0.1, 0.15) is 5.75 Å². The summed E-state index contributed by atoms with van der Waals surface area (Å²) in [5.41, 5.74) is 1.70. The van der Waals surface area contributed by atoms with Gasteiger partial charge in [0, 0.05) is 50.7 Å². The largest absolute Gasteiger partial charge is 0.497 e. The maximum Gasteiger partial charge on any atom is 0.251 e. The van der Waals surface area contributed by atoms with Crippen LogP contribution in [0.5, 0.6) is 5.75 Å². The third kappa shape index (κ3) is 11.6. The summed E-state index contributed by atoms with van der Waals surface area (Å²) >= 11 is 0. The zero-order chi connectivity index (χ0) is 30.0. The molecule has 0 radical (unpaired) electrons. The highest BCUT2D eigenvalue weighted by Gasteiger charge is 2.07. The van der Waals surface area contributed by atoms with Gasteiger partial charge in [-0.15, -0.1) is 0 Å². The number of aromatic nitrogens is 5. The molecule has 13 heteroatoms. The molecule has 0 unspecified atom stereocenters. The van der Waals surface area contributed by atoms with E-state index in [0.29, 0.717) is 76.0 Å². The minimum Gasteiger partial charge on any atom is -0.497 e. The van der Waals surface area contributed by atoms with Gasteiger partial charge in [-0.1, -0.05) is 30.3 Å². The molecule has 1 amide bonds. The fraction of sp³-hybridized carbons (Fsp3) is 0.367. The van der Waals surface area contributed by atoms with Crippen LogP contribution < -0.4 is 26.0 Å². The summed E-state index contributed by atoms with van der Waals surface area (Å²) in [6.45, 7) is 4.75. The molecule has 0 saturated heterocycles. The summed E-state index contributed by atoms with van der Waals surface area (Å²) in [5.74, 6) is 2.07. The van der Waals surface area contributed by atoms with Crippen molar-refractivity contribution in [3.8, 4) is 5.75 Å². The first kappa shape index (κ1) is 31.2. The van der Waals surface area contributed by atoms with E-state index in [2.05, 4.69) is 41.2 Å². The fourth-order valence-electron chi connectivity index (χ4n) is 3.90. The van der Waals surface area contributed by atoms with Crippen molar-refractivity contribution in [1.29, 1.82) is 0 Å². The first-order valence-electron chi connectivity index (χ1n) is 14.2. The van der Waals surface area contributed by atoms with Gasteiger partial charge in [0.15, 0.2) is 0 Å². The standard InChI is InChI=1S/C30H39N9O4/c1-41-26-10-8-24(9-11-26)22-35-30-37-28(33-12-5-16-39-17-13-31-23-39)36-29(38-30)34-15-19-43-21-20-42-18-14-32-27(40)25-6-3-2-4-7-25/h2-4,6-11,13,17,23H,5,12,14-16,18-22H2,1H3,(H,32,40)(H3,33,34,35,36,37,38). The van der Waals surface area contributed by atoms with E-state index in [-0.39, 0.29) is 5.91 Å². The predicted octanol–water partition coefficient (Wildman–Crippen LogP) is 3.07. The molecule has 4 N–H and O–H groups in total. The molecule has 4 aromatic rings. The summed E-state index contributed by atoms with van der Waals surface area (Å²) in [6.07, 6.45) is 6.39. The van der Waals surface area contributed by atoms with E-state index in [1.54, 1.807) is 31.8 Å². The number of anilines is 3. The summed E-state index contributed by atoms with van der Waals surface area (Å²) in [6, 6.07) is 16.9. The number of nitrogens with zero attached hydrogens (tertiary/aromatic N) is 5. The summed E-state index contributed by atoms with van der Waals surface area (Å²) in [4.78, 5) is 29.7. The van der Waals surface area contributed by atoms with Gasteiger partial charge < -0.3 is 40.0 Å². The Morgan fingerprint density at radius 2 is 1.47 bits per heavy atom. The number of imidazole rings is 1. The number of ether oxygens (including phenoxy) is 3. The third-order valence-electron chi connectivity index (χ3n) is 6.15. The van der Waals surface area contributed by atoms with Gasteiger partial charge in [0.05, 0.1) is 39.9 Å². The fourth-order valence-corrected chi connectivity index (χ4v) is 3.90. The molecule has 0 bridgehead atoms. The van der Waals surface area contributed by atoms with Crippen LogP contribution in [-0.2, 0) is 22.6 Å². The zero-order valence-corrected chi connectivity index (χ0v) is 24.4.